The Morgan fingerprint density at radius 1 is 0.857 bits per heavy atom. The van der Waals surface area contributed by atoms with E-state index in [0.717, 1.165) is 11.1 Å². The molecule has 3 nitrogen and oxygen atoms in total. The molecule has 0 fully saturated rings. The predicted molar refractivity (Wildman–Crippen MR) is 82.5 cm³/mol. The molecule has 0 aromatic heterocycles. The summed E-state index contributed by atoms with van der Waals surface area (Å²) in [6, 6.07) is 14.7. The van der Waals surface area contributed by atoms with Crippen LogP contribution in [0.4, 0.5) is 0 Å². The largest absolute Gasteiger partial charge is 0.269 e. The van der Waals surface area contributed by atoms with Gasteiger partial charge in [0.05, 0.1) is 17.2 Å². The Morgan fingerprint density at radius 2 is 1.38 bits per heavy atom. The smallest absolute Gasteiger partial charge is 0.262 e. The molecule has 1 aliphatic heterocycles. The minimum atomic E-state index is -0.212. The molecule has 2 aromatic rings. The highest BCUT2D eigenvalue weighted by molar-refractivity contribution is 7.80. The van der Waals surface area contributed by atoms with E-state index in [1.54, 1.807) is 24.3 Å². The fourth-order valence-corrected chi connectivity index (χ4v) is 3.75. The van der Waals surface area contributed by atoms with E-state index in [4.69, 9.17) is 0 Å². The summed E-state index contributed by atoms with van der Waals surface area (Å²) in [5.41, 5.74) is 3.15. The van der Waals surface area contributed by atoms with Gasteiger partial charge in [0.2, 0.25) is 0 Å². The van der Waals surface area contributed by atoms with E-state index in [1.165, 1.54) is 4.90 Å². The van der Waals surface area contributed by atoms with Crippen molar-refractivity contribution in [3.05, 3.63) is 70.8 Å². The standard InChI is InChI=1S/C17H13NO2S/c19-16-12-7-3-4-8-13(12)17(20)18(16)14-9-15(21)11-6-2-1-5-10(11)14/h1-8,14-15,21H,9H2/t14?,15-/m0/s1. The third-order valence-electron chi connectivity index (χ3n) is 4.30. The van der Waals surface area contributed by atoms with Crippen LogP contribution in [0.2, 0.25) is 0 Å². The number of hydrogen-bond donors (Lipinski definition) is 1. The number of hydrogen-bond acceptors (Lipinski definition) is 3. The minimum absolute atomic E-state index is 0.0653. The van der Waals surface area contributed by atoms with Crippen LogP contribution in [-0.2, 0) is 0 Å². The molecule has 1 heterocycles. The van der Waals surface area contributed by atoms with Crippen LogP contribution >= 0.6 is 12.6 Å². The van der Waals surface area contributed by atoms with Gasteiger partial charge in [0, 0.05) is 5.25 Å². The van der Waals surface area contributed by atoms with Crippen LogP contribution in [0.25, 0.3) is 0 Å². The monoisotopic (exact) mass is 295 g/mol. The highest BCUT2D eigenvalue weighted by Gasteiger charge is 2.44. The van der Waals surface area contributed by atoms with Gasteiger partial charge in [-0.25, -0.2) is 0 Å². The van der Waals surface area contributed by atoms with Crippen LogP contribution in [0.5, 0.6) is 0 Å². The van der Waals surface area contributed by atoms with Crippen LogP contribution in [0, 0.1) is 0 Å². The second kappa shape index (κ2) is 4.46. The maximum absolute atomic E-state index is 12.6. The molecular formula is C17H13NO2S. The third-order valence-corrected chi connectivity index (χ3v) is 4.79. The highest BCUT2D eigenvalue weighted by atomic mass is 32.1. The first-order valence-electron chi connectivity index (χ1n) is 6.92. The molecule has 0 spiro atoms. The Hall–Kier alpha value is -2.07. The predicted octanol–water partition coefficient (Wildman–Crippen LogP) is 3.40. The zero-order valence-electron chi connectivity index (χ0n) is 11.2. The van der Waals surface area contributed by atoms with E-state index in [9.17, 15) is 9.59 Å². The Kier molecular flexibility index (Phi) is 2.69. The van der Waals surface area contributed by atoms with Gasteiger partial charge in [-0.2, -0.15) is 12.6 Å². The molecule has 2 atom stereocenters. The number of carbonyl (C=O) groups excluding carboxylic acids is 2. The van der Waals surface area contributed by atoms with Crippen molar-refractivity contribution in [3.8, 4) is 0 Å². The van der Waals surface area contributed by atoms with E-state index in [0.29, 0.717) is 17.5 Å². The number of amides is 2. The fraction of sp³-hybridized carbons (Fsp3) is 0.176. The first-order valence-corrected chi connectivity index (χ1v) is 7.44. The number of benzene rings is 2. The van der Waals surface area contributed by atoms with E-state index >= 15 is 0 Å². The molecule has 1 unspecified atom stereocenters. The third kappa shape index (κ3) is 1.69. The summed E-state index contributed by atoms with van der Waals surface area (Å²) < 4.78 is 0. The van der Waals surface area contributed by atoms with Gasteiger partial charge in [-0.05, 0) is 29.7 Å². The number of imide groups is 1. The molecule has 2 amide bonds. The van der Waals surface area contributed by atoms with Gasteiger partial charge in [-0.1, -0.05) is 36.4 Å². The number of thiol groups is 1. The SMILES string of the molecule is O=C1c2ccccc2C(=O)N1C1C[C@H](S)c2ccccc21. The van der Waals surface area contributed by atoms with Crippen molar-refractivity contribution in [1.29, 1.82) is 0 Å². The van der Waals surface area contributed by atoms with E-state index in [2.05, 4.69) is 12.6 Å². The Balaban J connectivity index is 1.80. The lowest BCUT2D eigenvalue weighted by Gasteiger charge is -2.23. The molecule has 4 rings (SSSR count). The number of rotatable bonds is 1. The molecule has 0 N–H and O–H groups in total. The van der Waals surface area contributed by atoms with Gasteiger partial charge in [0.25, 0.3) is 11.8 Å². The number of nitrogens with zero attached hydrogens (tertiary/aromatic N) is 1. The molecule has 4 heteroatoms. The van der Waals surface area contributed by atoms with Gasteiger partial charge in [0.1, 0.15) is 0 Å². The lowest BCUT2D eigenvalue weighted by Crippen LogP contribution is -2.33. The van der Waals surface area contributed by atoms with Crippen LogP contribution in [0.1, 0.15) is 49.6 Å². The lowest BCUT2D eigenvalue weighted by atomic mass is 10.1. The zero-order valence-corrected chi connectivity index (χ0v) is 12.1. The average molecular weight is 295 g/mol. The van der Waals surface area contributed by atoms with Gasteiger partial charge < -0.3 is 0 Å². The quantitative estimate of drug-likeness (QED) is 0.647. The molecule has 0 saturated heterocycles. The first kappa shape index (κ1) is 12.7. The summed E-state index contributed by atoms with van der Waals surface area (Å²) in [5, 5.41) is 0.0653. The van der Waals surface area contributed by atoms with Gasteiger partial charge >= 0.3 is 0 Å². The van der Waals surface area contributed by atoms with E-state index in [-0.39, 0.29) is 23.1 Å². The van der Waals surface area contributed by atoms with Gasteiger partial charge in [-0.15, -0.1) is 0 Å². The molecular weight excluding hydrogens is 282 g/mol. The lowest BCUT2D eigenvalue weighted by molar-refractivity contribution is 0.0582. The molecule has 2 aromatic carbocycles. The normalized spacial score (nSPS) is 23.4. The summed E-state index contributed by atoms with van der Waals surface area (Å²) in [6.45, 7) is 0. The van der Waals surface area contributed by atoms with Crippen LogP contribution in [0.3, 0.4) is 0 Å². The summed E-state index contributed by atoms with van der Waals surface area (Å²) in [4.78, 5) is 26.6. The summed E-state index contributed by atoms with van der Waals surface area (Å²) in [5.74, 6) is -0.393. The molecule has 1 aliphatic carbocycles. The minimum Gasteiger partial charge on any atom is -0.269 e. The molecule has 0 bridgehead atoms. The molecule has 104 valence electrons. The van der Waals surface area contributed by atoms with Crippen LogP contribution in [-0.4, -0.2) is 16.7 Å². The van der Waals surface area contributed by atoms with Crippen molar-refractivity contribution in [1.82, 2.24) is 4.90 Å². The number of carbonyl (C=O) groups is 2. The second-order valence-electron chi connectivity index (χ2n) is 5.42. The highest BCUT2D eigenvalue weighted by Crippen LogP contribution is 2.47. The zero-order chi connectivity index (χ0) is 14.6. The molecule has 0 radical (unpaired) electrons. The van der Waals surface area contributed by atoms with Crippen molar-refractivity contribution in [2.75, 3.05) is 0 Å². The van der Waals surface area contributed by atoms with E-state index < -0.39 is 0 Å². The fourth-order valence-electron chi connectivity index (χ4n) is 3.32. The molecule has 2 aliphatic rings. The summed E-state index contributed by atoms with van der Waals surface area (Å²) in [7, 11) is 0. The molecule has 21 heavy (non-hydrogen) atoms. The van der Waals surface area contributed by atoms with Crippen molar-refractivity contribution in [2.45, 2.75) is 17.7 Å². The van der Waals surface area contributed by atoms with Crippen molar-refractivity contribution in [3.63, 3.8) is 0 Å². The van der Waals surface area contributed by atoms with Crippen molar-refractivity contribution in [2.24, 2.45) is 0 Å². The summed E-state index contributed by atoms with van der Waals surface area (Å²) >= 11 is 4.60. The number of fused-ring (bicyclic) bond motifs is 2. The Labute approximate surface area is 128 Å². The maximum atomic E-state index is 12.6. The topological polar surface area (TPSA) is 37.4 Å². The van der Waals surface area contributed by atoms with Crippen LogP contribution < -0.4 is 0 Å². The Morgan fingerprint density at radius 3 is 2.00 bits per heavy atom. The van der Waals surface area contributed by atoms with Gasteiger partial charge in [-0.3, -0.25) is 14.5 Å². The van der Waals surface area contributed by atoms with E-state index in [1.807, 2.05) is 24.3 Å². The maximum Gasteiger partial charge on any atom is 0.262 e. The second-order valence-corrected chi connectivity index (χ2v) is 6.05. The first-order chi connectivity index (χ1) is 10.2. The van der Waals surface area contributed by atoms with Crippen molar-refractivity contribution < 1.29 is 9.59 Å². The van der Waals surface area contributed by atoms with Gasteiger partial charge in [0.15, 0.2) is 0 Å². The van der Waals surface area contributed by atoms with Crippen LogP contribution in [0.15, 0.2) is 48.5 Å². The molecule has 0 saturated carbocycles. The Bertz CT molecular complexity index is 736. The van der Waals surface area contributed by atoms with Crippen molar-refractivity contribution >= 4 is 24.4 Å². The summed E-state index contributed by atoms with van der Waals surface area (Å²) in [6.07, 6.45) is 0.675. The average Bonchev–Trinajstić information content (AvgIpc) is 2.96.